The second kappa shape index (κ2) is 9.05. The normalized spacial score (nSPS) is 10.4. The van der Waals surface area contributed by atoms with Gasteiger partial charge >= 0.3 is 0 Å². The second-order valence-electron chi connectivity index (χ2n) is 6.50. The highest BCUT2D eigenvalue weighted by atomic mass is 16.5. The van der Waals surface area contributed by atoms with Gasteiger partial charge in [-0.15, -0.1) is 0 Å². The molecule has 0 radical (unpaired) electrons. The van der Waals surface area contributed by atoms with Crippen molar-refractivity contribution in [3.8, 4) is 17.1 Å². The summed E-state index contributed by atoms with van der Waals surface area (Å²) in [6.45, 7) is 1.91. The van der Waals surface area contributed by atoms with Crippen molar-refractivity contribution < 1.29 is 18.8 Å². The molecular formula is C22H23N3O4. The Morgan fingerprint density at radius 3 is 2.62 bits per heavy atom. The van der Waals surface area contributed by atoms with E-state index in [1.165, 1.54) is 4.90 Å². The number of para-hydroxylation sites is 2. The zero-order chi connectivity index (χ0) is 20.8. The molecule has 0 atom stereocenters. The first-order chi connectivity index (χ1) is 14.0. The molecule has 0 unspecified atom stereocenters. The standard InChI is InChI=1S/C22H23N3O4/c1-4-15-9-5-7-11-17(15)23-21(26)14-25(2)22(27)18-13-20(29-24-18)16-10-6-8-12-19(16)28-3/h5-13H,4,14H2,1-3H3,(H,23,26). The molecule has 0 spiro atoms. The Labute approximate surface area is 169 Å². The Hall–Kier alpha value is -3.61. The predicted molar refractivity (Wildman–Crippen MR) is 110 cm³/mol. The van der Waals surface area contributed by atoms with E-state index in [9.17, 15) is 9.59 Å². The van der Waals surface area contributed by atoms with Gasteiger partial charge in [0, 0.05) is 18.8 Å². The molecule has 2 amide bonds. The summed E-state index contributed by atoms with van der Waals surface area (Å²) < 4.78 is 10.6. The molecule has 29 heavy (non-hydrogen) atoms. The van der Waals surface area contributed by atoms with E-state index in [0.717, 1.165) is 17.7 Å². The van der Waals surface area contributed by atoms with Crippen LogP contribution in [-0.4, -0.2) is 42.6 Å². The molecule has 0 aliphatic carbocycles. The summed E-state index contributed by atoms with van der Waals surface area (Å²) in [6.07, 6.45) is 0.801. The van der Waals surface area contributed by atoms with Crippen molar-refractivity contribution >= 4 is 17.5 Å². The molecule has 0 bridgehead atoms. The van der Waals surface area contributed by atoms with Crippen LogP contribution in [0.25, 0.3) is 11.3 Å². The number of carbonyl (C=O) groups excluding carboxylic acids is 2. The number of nitrogens with zero attached hydrogens (tertiary/aromatic N) is 2. The Morgan fingerprint density at radius 1 is 1.14 bits per heavy atom. The third kappa shape index (κ3) is 4.63. The van der Waals surface area contributed by atoms with Gasteiger partial charge in [-0.3, -0.25) is 9.59 Å². The molecule has 7 heteroatoms. The fourth-order valence-corrected chi connectivity index (χ4v) is 2.97. The van der Waals surface area contributed by atoms with E-state index in [1.54, 1.807) is 26.3 Å². The van der Waals surface area contributed by atoms with Crippen LogP contribution in [0.5, 0.6) is 5.75 Å². The number of hydrogen-bond donors (Lipinski definition) is 1. The molecule has 2 aromatic carbocycles. The first-order valence-electron chi connectivity index (χ1n) is 9.26. The SMILES string of the molecule is CCc1ccccc1NC(=O)CN(C)C(=O)c1cc(-c2ccccc2OC)on1. The van der Waals surface area contributed by atoms with E-state index in [0.29, 0.717) is 17.1 Å². The molecule has 3 aromatic rings. The van der Waals surface area contributed by atoms with Crippen molar-refractivity contribution in [1.29, 1.82) is 0 Å². The number of carbonyl (C=O) groups is 2. The molecule has 0 aliphatic heterocycles. The summed E-state index contributed by atoms with van der Waals surface area (Å²) in [4.78, 5) is 26.3. The lowest BCUT2D eigenvalue weighted by atomic mass is 10.1. The highest BCUT2D eigenvalue weighted by Crippen LogP contribution is 2.30. The molecule has 1 heterocycles. The van der Waals surface area contributed by atoms with Gasteiger partial charge in [-0.05, 0) is 30.2 Å². The van der Waals surface area contributed by atoms with Crippen LogP contribution in [0.3, 0.4) is 0 Å². The third-order valence-electron chi connectivity index (χ3n) is 4.50. The van der Waals surface area contributed by atoms with Crippen molar-refractivity contribution in [3.63, 3.8) is 0 Å². The van der Waals surface area contributed by atoms with Crippen molar-refractivity contribution in [3.05, 3.63) is 65.9 Å². The fraction of sp³-hybridized carbons (Fsp3) is 0.227. The van der Waals surface area contributed by atoms with Gasteiger partial charge < -0.3 is 19.5 Å². The van der Waals surface area contributed by atoms with Crippen LogP contribution in [0, 0.1) is 0 Å². The van der Waals surface area contributed by atoms with Gasteiger partial charge in [0.15, 0.2) is 11.5 Å². The molecule has 1 N–H and O–H groups in total. The molecule has 0 aliphatic rings. The maximum atomic E-state index is 12.6. The molecule has 7 nitrogen and oxygen atoms in total. The van der Waals surface area contributed by atoms with Gasteiger partial charge in [-0.25, -0.2) is 0 Å². The number of rotatable bonds is 7. The number of likely N-dealkylation sites (N-methyl/N-ethyl adjacent to an activating group) is 1. The van der Waals surface area contributed by atoms with Crippen molar-refractivity contribution in [2.24, 2.45) is 0 Å². The Morgan fingerprint density at radius 2 is 1.86 bits per heavy atom. The molecule has 3 rings (SSSR count). The van der Waals surface area contributed by atoms with Gasteiger partial charge in [0.25, 0.3) is 5.91 Å². The van der Waals surface area contributed by atoms with Crippen LogP contribution >= 0.6 is 0 Å². The van der Waals surface area contributed by atoms with Gasteiger partial charge in [-0.2, -0.15) is 0 Å². The number of methoxy groups -OCH3 is 1. The number of ether oxygens (including phenoxy) is 1. The number of hydrogen-bond acceptors (Lipinski definition) is 5. The van der Waals surface area contributed by atoms with Crippen molar-refractivity contribution in [2.45, 2.75) is 13.3 Å². The van der Waals surface area contributed by atoms with E-state index < -0.39 is 5.91 Å². The van der Waals surface area contributed by atoms with E-state index in [1.807, 2.05) is 49.4 Å². The number of nitrogens with one attached hydrogen (secondary N) is 1. The van der Waals surface area contributed by atoms with Gasteiger partial charge in [0.2, 0.25) is 5.91 Å². The number of anilines is 1. The van der Waals surface area contributed by atoms with Crippen LogP contribution < -0.4 is 10.1 Å². The zero-order valence-corrected chi connectivity index (χ0v) is 16.6. The summed E-state index contributed by atoms with van der Waals surface area (Å²) in [5.74, 6) is 0.342. The summed E-state index contributed by atoms with van der Waals surface area (Å²) >= 11 is 0. The van der Waals surface area contributed by atoms with E-state index >= 15 is 0 Å². The minimum absolute atomic E-state index is 0.103. The highest BCUT2D eigenvalue weighted by Gasteiger charge is 2.21. The van der Waals surface area contributed by atoms with Crippen LogP contribution in [-0.2, 0) is 11.2 Å². The molecule has 0 fully saturated rings. The second-order valence-corrected chi connectivity index (χ2v) is 6.50. The Kier molecular flexibility index (Phi) is 6.29. The summed E-state index contributed by atoms with van der Waals surface area (Å²) in [5, 5.41) is 6.71. The summed E-state index contributed by atoms with van der Waals surface area (Å²) in [5.41, 5.74) is 2.60. The van der Waals surface area contributed by atoms with E-state index in [2.05, 4.69) is 10.5 Å². The topological polar surface area (TPSA) is 84.7 Å². The van der Waals surface area contributed by atoms with Crippen LogP contribution in [0.2, 0.25) is 0 Å². The molecule has 0 saturated carbocycles. The van der Waals surface area contributed by atoms with Gasteiger partial charge in [0.1, 0.15) is 5.75 Å². The number of aryl methyl sites for hydroxylation is 1. The summed E-state index contributed by atoms with van der Waals surface area (Å²) in [7, 11) is 3.11. The maximum Gasteiger partial charge on any atom is 0.276 e. The van der Waals surface area contributed by atoms with Crippen LogP contribution in [0.1, 0.15) is 23.0 Å². The Balaban J connectivity index is 1.67. The predicted octanol–water partition coefficient (Wildman–Crippen LogP) is 3.62. The minimum atomic E-state index is -0.408. The average molecular weight is 393 g/mol. The molecule has 0 saturated heterocycles. The maximum absolute atomic E-state index is 12.6. The Bertz CT molecular complexity index is 1010. The van der Waals surface area contributed by atoms with Crippen LogP contribution in [0.15, 0.2) is 59.1 Å². The van der Waals surface area contributed by atoms with E-state index in [4.69, 9.17) is 9.26 Å². The van der Waals surface area contributed by atoms with Crippen molar-refractivity contribution in [2.75, 3.05) is 26.0 Å². The largest absolute Gasteiger partial charge is 0.496 e. The minimum Gasteiger partial charge on any atom is -0.496 e. The number of benzene rings is 2. The van der Waals surface area contributed by atoms with Gasteiger partial charge in [0.05, 0.1) is 19.2 Å². The fourth-order valence-electron chi connectivity index (χ4n) is 2.97. The lowest BCUT2D eigenvalue weighted by Crippen LogP contribution is -2.35. The first kappa shape index (κ1) is 20.1. The molecule has 150 valence electrons. The summed E-state index contributed by atoms with van der Waals surface area (Å²) in [6, 6.07) is 16.4. The zero-order valence-electron chi connectivity index (χ0n) is 16.6. The smallest absolute Gasteiger partial charge is 0.276 e. The molecular weight excluding hydrogens is 370 g/mol. The average Bonchev–Trinajstić information content (AvgIpc) is 3.23. The number of amides is 2. The highest BCUT2D eigenvalue weighted by molar-refractivity contribution is 5.99. The third-order valence-corrected chi connectivity index (χ3v) is 4.50. The molecule has 1 aromatic heterocycles. The van der Waals surface area contributed by atoms with E-state index in [-0.39, 0.29) is 18.1 Å². The lowest BCUT2D eigenvalue weighted by Gasteiger charge is -2.16. The van der Waals surface area contributed by atoms with Crippen molar-refractivity contribution in [1.82, 2.24) is 10.1 Å². The lowest BCUT2D eigenvalue weighted by molar-refractivity contribution is -0.116. The monoisotopic (exact) mass is 393 g/mol. The number of aromatic nitrogens is 1. The van der Waals surface area contributed by atoms with Crippen LogP contribution in [0.4, 0.5) is 5.69 Å². The quantitative estimate of drug-likeness (QED) is 0.663. The van der Waals surface area contributed by atoms with Gasteiger partial charge in [-0.1, -0.05) is 42.4 Å². The first-order valence-corrected chi connectivity index (χ1v) is 9.26.